The van der Waals surface area contributed by atoms with E-state index in [1.54, 1.807) is 7.11 Å². The molecule has 0 saturated heterocycles. The Morgan fingerprint density at radius 3 is 2.54 bits per heavy atom. The third kappa shape index (κ3) is 7.28. The van der Waals surface area contributed by atoms with Gasteiger partial charge in [0.1, 0.15) is 33.8 Å². The number of allylic oxidation sites excluding steroid dienone is 1. The smallest absolute Gasteiger partial charge is 0.259 e. The maximum Gasteiger partial charge on any atom is 0.259 e. The van der Waals surface area contributed by atoms with E-state index in [1.807, 2.05) is 42.7 Å². The van der Waals surface area contributed by atoms with Crippen LogP contribution < -0.4 is 24.8 Å². The number of ether oxygens (including phenoxy) is 2. The lowest BCUT2D eigenvalue weighted by Gasteiger charge is -2.23. The van der Waals surface area contributed by atoms with Gasteiger partial charge in [0, 0.05) is 34.9 Å². The van der Waals surface area contributed by atoms with Crippen LogP contribution in [0, 0.1) is 24.7 Å². The number of amides is 3. The molecule has 3 N–H and O–H groups in total. The summed E-state index contributed by atoms with van der Waals surface area (Å²) in [7, 11) is -2.21. The summed E-state index contributed by atoms with van der Waals surface area (Å²) in [6.07, 6.45) is 8.65. The Morgan fingerprint density at radius 2 is 1.83 bits per heavy atom. The summed E-state index contributed by atoms with van der Waals surface area (Å²) < 4.78 is 40.2. The van der Waals surface area contributed by atoms with Crippen LogP contribution in [0.5, 0.6) is 11.5 Å². The van der Waals surface area contributed by atoms with Crippen molar-refractivity contribution in [2.75, 3.05) is 13.7 Å². The van der Waals surface area contributed by atoms with Crippen LogP contribution in [-0.2, 0) is 24.4 Å². The number of methoxy groups -OCH3 is 1. The lowest BCUT2D eigenvalue weighted by molar-refractivity contribution is -0.136. The van der Waals surface area contributed by atoms with Crippen LogP contribution in [0.2, 0.25) is 0 Å². The largest absolute Gasteiger partial charge is 0.496 e. The number of thiazole rings is 1. The van der Waals surface area contributed by atoms with Crippen LogP contribution in [0.3, 0.4) is 0 Å². The molecular formula is C38H47N5O7S2. The highest BCUT2D eigenvalue weighted by molar-refractivity contribution is 7.91. The van der Waals surface area contributed by atoms with E-state index >= 15 is 0 Å². The van der Waals surface area contributed by atoms with Gasteiger partial charge in [-0.25, -0.2) is 18.4 Å². The Labute approximate surface area is 308 Å². The predicted octanol–water partition coefficient (Wildman–Crippen LogP) is 5.30. The molecule has 12 nitrogen and oxygen atoms in total. The molecule has 0 unspecified atom stereocenters. The first-order valence-electron chi connectivity index (χ1n) is 18.3. The maximum atomic E-state index is 14.2. The molecule has 1 aromatic carbocycles. The number of aromatic nitrogens is 2. The topological polar surface area (TPSA) is 166 Å². The predicted molar refractivity (Wildman–Crippen MR) is 199 cm³/mol. The van der Waals surface area contributed by atoms with E-state index in [9.17, 15) is 22.8 Å². The third-order valence-corrected chi connectivity index (χ3v) is 13.6. The van der Waals surface area contributed by atoms with Crippen LogP contribution in [0.15, 0.2) is 35.7 Å². The SMILES string of the molecule is COc1ccc2c(O[C@H]3C[C@H]4C(=O)NCCCCC/C=C\[C@@H]5C[C@@]5(C(=O)NS(=O)(=O)C5CC5)NC(=O)[C@@H]4C3)cc(-c3nc(C(C)C)cs3)nc2c1C. The van der Waals surface area contributed by atoms with Crippen molar-refractivity contribution >= 4 is 50.0 Å². The highest BCUT2D eigenvalue weighted by Crippen LogP contribution is 2.47. The normalized spacial score (nSPS) is 27.4. The number of carbonyl (C=O) groups is 3. The minimum absolute atomic E-state index is 0.228. The number of rotatable bonds is 8. The fourth-order valence-electron chi connectivity index (χ4n) is 7.47. The molecule has 14 heteroatoms. The molecule has 3 heterocycles. The number of benzene rings is 1. The lowest BCUT2D eigenvalue weighted by atomic mass is 9.93. The number of hydrogen-bond donors (Lipinski definition) is 3. The van der Waals surface area contributed by atoms with Crippen molar-refractivity contribution in [1.82, 2.24) is 25.3 Å². The van der Waals surface area contributed by atoms with Gasteiger partial charge in [0.05, 0.1) is 35.4 Å². The molecule has 278 valence electrons. The van der Waals surface area contributed by atoms with Crippen LogP contribution in [-0.4, -0.2) is 66.7 Å². The van der Waals surface area contributed by atoms with Gasteiger partial charge in [-0.3, -0.25) is 19.1 Å². The maximum absolute atomic E-state index is 14.2. The highest BCUT2D eigenvalue weighted by Gasteiger charge is 2.62. The Bertz CT molecular complexity index is 2020. The van der Waals surface area contributed by atoms with Crippen LogP contribution >= 0.6 is 11.3 Å². The van der Waals surface area contributed by atoms with Gasteiger partial charge in [0.2, 0.25) is 21.8 Å². The molecule has 0 radical (unpaired) electrons. The minimum atomic E-state index is -3.83. The van der Waals surface area contributed by atoms with Gasteiger partial charge in [0.25, 0.3) is 5.91 Å². The number of nitrogens with zero attached hydrogens (tertiary/aromatic N) is 2. The van der Waals surface area contributed by atoms with E-state index in [1.165, 1.54) is 11.3 Å². The molecule has 2 aromatic heterocycles. The van der Waals surface area contributed by atoms with E-state index in [4.69, 9.17) is 19.4 Å². The summed E-state index contributed by atoms with van der Waals surface area (Å²) >= 11 is 1.51. The van der Waals surface area contributed by atoms with Crippen LogP contribution in [0.4, 0.5) is 0 Å². The Hall–Kier alpha value is -4.04. The summed E-state index contributed by atoms with van der Waals surface area (Å²) in [4.78, 5) is 51.4. The van der Waals surface area contributed by atoms with Crippen LogP contribution in [0.1, 0.15) is 88.8 Å². The summed E-state index contributed by atoms with van der Waals surface area (Å²) in [6, 6.07) is 5.65. The zero-order valence-electron chi connectivity index (χ0n) is 30.1. The zero-order valence-corrected chi connectivity index (χ0v) is 31.7. The van der Waals surface area contributed by atoms with Crippen molar-refractivity contribution in [3.63, 3.8) is 0 Å². The Balaban J connectivity index is 1.20. The first-order chi connectivity index (χ1) is 24.9. The van der Waals surface area contributed by atoms with Gasteiger partial charge < -0.3 is 20.1 Å². The molecule has 5 atom stereocenters. The average Bonchev–Trinajstić information content (AvgIpc) is 3.98. The van der Waals surface area contributed by atoms with E-state index in [0.717, 1.165) is 47.3 Å². The first kappa shape index (κ1) is 36.3. The minimum Gasteiger partial charge on any atom is -0.496 e. The number of fused-ring (bicyclic) bond motifs is 3. The third-order valence-electron chi connectivity index (χ3n) is 10.9. The zero-order chi connectivity index (χ0) is 36.8. The molecule has 3 aromatic rings. The van der Waals surface area contributed by atoms with Crippen molar-refractivity contribution in [2.45, 2.75) is 101 Å². The second-order valence-electron chi connectivity index (χ2n) is 15.0. The second kappa shape index (κ2) is 14.4. The first-order valence-corrected chi connectivity index (χ1v) is 20.8. The van der Waals surface area contributed by atoms with Gasteiger partial charge in [0.15, 0.2) is 0 Å². The molecule has 1 aliphatic heterocycles. The lowest BCUT2D eigenvalue weighted by Crippen LogP contribution is -2.54. The summed E-state index contributed by atoms with van der Waals surface area (Å²) in [6.45, 7) is 6.63. The molecule has 3 saturated carbocycles. The van der Waals surface area contributed by atoms with E-state index in [2.05, 4.69) is 29.2 Å². The van der Waals surface area contributed by atoms with E-state index in [0.29, 0.717) is 42.1 Å². The van der Waals surface area contributed by atoms with Crippen molar-refractivity contribution in [3.05, 3.63) is 47.0 Å². The van der Waals surface area contributed by atoms with Crippen molar-refractivity contribution < 1.29 is 32.3 Å². The average molecular weight is 750 g/mol. The number of aryl methyl sites for hydroxylation is 1. The molecule has 3 amide bonds. The molecule has 7 rings (SSSR count). The van der Waals surface area contributed by atoms with Gasteiger partial charge in [-0.2, -0.15) is 0 Å². The number of hydrogen-bond acceptors (Lipinski definition) is 10. The quantitative estimate of drug-likeness (QED) is 0.259. The monoisotopic (exact) mass is 749 g/mol. The Kier molecular flexibility index (Phi) is 10.1. The number of sulfonamides is 1. The van der Waals surface area contributed by atoms with Crippen LogP contribution in [0.25, 0.3) is 21.6 Å². The highest BCUT2D eigenvalue weighted by atomic mass is 32.2. The molecule has 52 heavy (non-hydrogen) atoms. The van der Waals surface area contributed by atoms with Crippen molar-refractivity contribution in [3.8, 4) is 22.2 Å². The summed E-state index contributed by atoms with van der Waals surface area (Å²) in [5.74, 6) is -1.75. The number of nitrogens with one attached hydrogen (secondary N) is 3. The van der Waals surface area contributed by atoms with Gasteiger partial charge in [-0.1, -0.05) is 32.4 Å². The van der Waals surface area contributed by atoms with Gasteiger partial charge in [-0.15, -0.1) is 11.3 Å². The second-order valence-corrected chi connectivity index (χ2v) is 17.8. The number of pyridine rings is 1. The standard InChI is InChI=1S/C38H47N5O7S2/c1-21(2)30-20-51-36(41-30)29-18-32(26-13-14-31(49-4)22(3)33(26)40-29)50-24-16-27-28(17-24)35(45)42-38(37(46)43-52(47,48)25-11-12-25)19-23(38)10-8-6-5-7-9-15-39-34(27)44/h8,10,13-14,18,20-21,23-25,27-28H,5-7,9,11-12,15-17,19H2,1-4H3,(H,39,44)(H,42,45)(H,43,46)/b10-8-/t23-,24+,27-,28-,38-/m1/s1. The molecule has 4 aliphatic rings. The molecular weight excluding hydrogens is 703 g/mol. The molecule has 3 fully saturated rings. The van der Waals surface area contributed by atoms with Gasteiger partial charge in [-0.05, 0) is 76.3 Å². The van der Waals surface area contributed by atoms with Gasteiger partial charge >= 0.3 is 0 Å². The fourth-order valence-corrected chi connectivity index (χ4v) is 9.77. The Morgan fingerprint density at radius 1 is 1.06 bits per heavy atom. The molecule has 0 spiro atoms. The van der Waals surface area contributed by atoms with E-state index < -0.39 is 50.6 Å². The van der Waals surface area contributed by atoms with Crippen molar-refractivity contribution in [1.29, 1.82) is 0 Å². The summed E-state index contributed by atoms with van der Waals surface area (Å²) in [5.41, 5.74) is 1.78. The fraction of sp³-hybridized carbons (Fsp3) is 0.553. The van der Waals surface area contributed by atoms with Crippen molar-refractivity contribution in [2.24, 2.45) is 17.8 Å². The molecule has 0 bridgehead atoms. The van der Waals surface area contributed by atoms with E-state index in [-0.39, 0.29) is 37.0 Å². The number of carbonyl (C=O) groups excluding carboxylic acids is 3. The molecule has 3 aliphatic carbocycles. The summed E-state index contributed by atoms with van der Waals surface area (Å²) in [5, 5.41) is 8.97.